The van der Waals surface area contributed by atoms with Crippen LogP contribution in [0.4, 0.5) is 0 Å². The minimum absolute atomic E-state index is 0.107. The molecule has 0 amide bonds. The minimum Gasteiger partial charge on any atom is -0.462 e. The molecule has 358 valence electrons. The van der Waals surface area contributed by atoms with Crippen LogP contribution in [0.25, 0.3) is 0 Å². The van der Waals surface area contributed by atoms with Gasteiger partial charge in [-0.1, -0.05) is 189 Å². The highest BCUT2D eigenvalue weighted by atomic mass is 16.6. The smallest absolute Gasteiger partial charge is 0.306 e. The van der Waals surface area contributed by atoms with E-state index in [2.05, 4.69) is 118 Å². The van der Waals surface area contributed by atoms with Crippen LogP contribution in [0.5, 0.6) is 0 Å². The van der Waals surface area contributed by atoms with Gasteiger partial charge in [0.25, 0.3) is 0 Å². The molecule has 0 fully saturated rings. The van der Waals surface area contributed by atoms with E-state index in [1.54, 1.807) is 0 Å². The molecule has 0 aliphatic heterocycles. The Bertz CT molecular complexity index is 1280. The highest BCUT2D eigenvalue weighted by molar-refractivity contribution is 5.71. The summed E-state index contributed by atoms with van der Waals surface area (Å²) >= 11 is 0. The molecule has 6 nitrogen and oxygen atoms in total. The van der Waals surface area contributed by atoms with Crippen molar-refractivity contribution in [1.29, 1.82) is 0 Å². The molecule has 0 rings (SSSR count). The van der Waals surface area contributed by atoms with Crippen LogP contribution in [0, 0.1) is 0 Å². The Hall–Kier alpha value is -3.67. The lowest BCUT2D eigenvalue weighted by atomic mass is 10.1. The first-order valence-electron chi connectivity index (χ1n) is 25.7. The molecule has 0 aromatic carbocycles. The van der Waals surface area contributed by atoms with Crippen molar-refractivity contribution in [2.75, 3.05) is 13.2 Å². The van der Waals surface area contributed by atoms with Crippen LogP contribution in [0.3, 0.4) is 0 Å². The van der Waals surface area contributed by atoms with Crippen molar-refractivity contribution in [2.45, 2.75) is 232 Å². The number of carbonyl (C=O) groups is 3. The average Bonchev–Trinajstić information content (AvgIpc) is 3.28. The second-order valence-corrected chi connectivity index (χ2v) is 16.7. The van der Waals surface area contributed by atoms with E-state index < -0.39 is 6.10 Å². The fourth-order valence-corrected chi connectivity index (χ4v) is 6.73. The molecule has 63 heavy (non-hydrogen) atoms. The molecule has 0 N–H and O–H groups in total. The summed E-state index contributed by atoms with van der Waals surface area (Å²) < 4.78 is 16.7. The summed E-state index contributed by atoms with van der Waals surface area (Å²) in [6, 6.07) is 0. The maximum atomic E-state index is 12.8. The van der Waals surface area contributed by atoms with Gasteiger partial charge in [0.05, 0.1) is 0 Å². The molecule has 6 heteroatoms. The molecule has 0 aromatic heterocycles. The maximum Gasteiger partial charge on any atom is 0.306 e. The topological polar surface area (TPSA) is 78.9 Å². The molecule has 1 unspecified atom stereocenters. The SMILES string of the molecule is CC/C=C\C/C=C\C/C=C\C/C=C\CCCCC(=O)OC(COC(=O)CCCCC/C=C\C/C=C\C/C=C\CC)COC(=O)CCCCCCCCC/C=C\CCCCCCCC. The molecule has 0 spiro atoms. The summed E-state index contributed by atoms with van der Waals surface area (Å²) in [6.45, 7) is 6.33. The van der Waals surface area contributed by atoms with Gasteiger partial charge in [-0.15, -0.1) is 0 Å². The van der Waals surface area contributed by atoms with Crippen LogP contribution < -0.4 is 0 Å². The van der Waals surface area contributed by atoms with Crippen LogP contribution in [0.15, 0.2) is 97.2 Å². The summed E-state index contributed by atoms with van der Waals surface area (Å²) in [5.41, 5.74) is 0. The van der Waals surface area contributed by atoms with E-state index in [4.69, 9.17) is 14.2 Å². The monoisotopic (exact) mass is 875 g/mol. The Morgan fingerprint density at radius 3 is 1.03 bits per heavy atom. The Morgan fingerprint density at radius 2 is 0.619 bits per heavy atom. The van der Waals surface area contributed by atoms with Crippen LogP contribution >= 0.6 is 0 Å². The predicted octanol–water partition coefficient (Wildman–Crippen LogP) is 17.0. The van der Waals surface area contributed by atoms with Crippen molar-refractivity contribution in [3.05, 3.63) is 97.2 Å². The van der Waals surface area contributed by atoms with E-state index in [0.29, 0.717) is 19.3 Å². The number of rotatable bonds is 45. The van der Waals surface area contributed by atoms with Crippen LogP contribution in [0.1, 0.15) is 226 Å². The van der Waals surface area contributed by atoms with Gasteiger partial charge >= 0.3 is 17.9 Å². The lowest BCUT2D eigenvalue weighted by molar-refractivity contribution is -0.167. The zero-order valence-electron chi connectivity index (χ0n) is 40.8. The standard InChI is InChI=1S/C57H94O6/c1-4-7-10-13-16-19-22-25-27-28-30-32-35-38-41-44-47-50-56(59)62-53-54(52-61-55(58)49-46-43-40-37-34-31-24-21-18-15-12-9-6-3)63-57(60)51-48-45-42-39-36-33-29-26-23-20-17-14-11-8-5-2/h8-9,11-12,17-18,20-21,25-27,29,31,34,36,39,54H,4-7,10,13-16,19,22-24,28,30,32-33,35,37-38,40-53H2,1-3H3/b11-8-,12-9-,20-17-,21-18-,27-25-,29-26-,34-31-,39-36-. The fraction of sp³-hybridized carbons (Fsp3) is 0.667. The Labute approximate surface area is 387 Å². The maximum absolute atomic E-state index is 12.8. The number of unbranched alkanes of at least 4 members (excludes halogenated alkanes) is 18. The van der Waals surface area contributed by atoms with Gasteiger partial charge in [-0.05, 0) is 116 Å². The molecule has 0 aromatic rings. The van der Waals surface area contributed by atoms with Gasteiger partial charge in [0.15, 0.2) is 6.10 Å². The number of hydrogen-bond donors (Lipinski definition) is 0. The zero-order chi connectivity index (χ0) is 45.8. The van der Waals surface area contributed by atoms with Gasteiger partial charge < -0.3 is 14.2 Å². The summed E-state index contributed by atoms with van der Waals surface area (Å²) in [5.74, 6) is -0.987. The Morgan fingerprint density at radius 1 is 0.333 bits per heavy atom. The molecule has 0 saturated heterocycles. The first-order chi connectivity index (χ1) is 31.0. The molecular weight excluding hydrogens is 781 g/mol. The van der Waals surface area contributed by atoms with Gasteiger partial charge in [0.2, 0.25) is 0 Å². The number of carbonyl (C=O) groups excluding carboxylic acids is 3. The van der Waals surface area contributed by atoms with E-state index >= 15 is 0 Å². The number of allylic oxidation sites excluding steroid dienone is 16. The van der Waals surface area contributed by atoms with E-state index in [9.17, 15) is 14.4 Å². The van der Waals surface area contributed by atoms with E-state index in [0.717, 1.165) is 103 Å². The third-order valence-electron chi connectivity index (χ3n) is 10.6. The lowest BCUT2D eigenvalue weighted by Gasteiger charge is -2.18. The largest absolute Gasteiger partial charge is 0.462 e. The molecule has 0 aliphatic carbocycles. The highest BCUT2D eigenvalue weighted by Crippen LogP contribution is 2.13. The zero-order valence-corrected chi connectivity index (χ0v) is 40.8. The highest BCUT2D eigenvalue weighted by Gasteiger charge is 2.19. The van der Waals surface area contributed by atoms with Crippen molar-refractivity contribution in [1.82, 2.24) is 0 Å². The van der Waals surface area contributed by atoms with Crippen molar-refractivity contribution >= 4 is 17.9 Å². The van der Waals surface area contributed by atoms with Crippen LogP contribution in [0.2, 0.25) is 0 Å². The fourth-order valence-electron chi connectivity index (χ4n) is 6.73. The van der Waals surface area contributed by atoms with Gasteiger partial charge in [-0.2, -0.15) is 0 Å². The molecule has 0 radical (unpaired) electrons. The van der Waals surface area contributed by atoms with Gasteiger partial charge in [0.1, 0.15) is 13.2 Å². The van der Waals surface area contributed by atoms with Crippen molar-refractivity contribution in [3.8, 4) is 0 Å². The van der Waals surface area contributed by atoms with E-state index in [-0.39, 0.29) is 37.5 Å². The Kier molecular flexibility index (Phi) is 48.0. The average molecular weight is 875 g/mol. The van der Waals surface area contributed by atoms with Gasteiger partial charge in [-0.25, -0.2) is 0 Å². The lowest BCUT2D eigenvalue weighted by Crippen LogP contribution is -2.30. The van der Waals surface area contributed by atoms with Crippen molar-refractivity contribution < 1.29 is 28.6 Å². The summed E-state index contributed by atoms with van der Waals surface area (Å²) in [6.07, 6.45) is 66.8. The van der Waals surface area contributed by atoms with Crippen molar-refractivity contribution in [3.63, 3.8) is 0 Å². The summed E-state index contributed by atoms with van der Waals surface area (Å²) in [5, 5.41) is 0. The first-order valence-corrected chi connectivity index (χ1v) is 25.7. The number of hydrogen-bond acceptors (Lipinski definition) is 6. The molecule has 1 atom stereocenters. The second kappa shape index (κ2) is 51.0. The molecule has 0 saturated carbocycles. The third-order valence-corrected chi connectivity index (χ3v) is 10.6. The van der Waals surface area contributed by atoms with Gasteiger partial charge in [-0.3, -0.25) is 14.4 Å². The molecule has 0 heterocycles. The molecule has 0 bridgehead atoms. The first kappa shape index (κ1) is 59.3. The quantitative estimate of drug-likeness (QED) is 0.0262. The molecular formula is C57H94O6. The third kappa shape index (κ3) is 49.2. The number of ether oxygens (including phenoxy) is 3. The predicted molar refractivity (Wildman–Crippen MR) is 270 cm³/mol. The van der Waals surface area contributed by atoms with Crippen molar-refractivity contribution in [2.24, 2.45) is 0 Å². The Balaban J connectivity index is 4.49. The summed E-state index contributed by atoms with van der Waals surface area (Å²) in [4.78, 5) is 38.0. The normalized spacial score (nSPS) is 12.9. The minimum atomic E-state index is -0.813. The molecule has 0 aliphatic rings. The second-order valence-electron chi connectivity index (χ2n) is 16.7. The van der Waals surface area contributed by atoms with E-state index in [1.165, 1.54) is 77.0 Å². The van der Waals surface area contributed by atoms with Gasteiger partial charge in [0, 0.05) is 19.3 Å². The van der Waals surface area contributed by atoms with Crippen LogP contribution in [-0.2, 0) is 28.6 Å². The van der Waals surface area contributed by atoms with Crippen LogP contribution in [-0.4, -0.2) is 37.2 Å². The number of esters is 3. The van der Waals surface area contributed by atoms with E-state index in [1.807, 2.05) is 0 Å². The summed E-state index contributed by atoms with van der Waals surface area (Å²) in [7, 11) is 0.